The molecule has 0 unspecified atom stereocenters. The Balaban J connectivity index is 1.35. The van der Waals surface area contributed by atoms with Gasteiger partial charge in [-0.05, 0) is 64.9 Å². The van der Waals surface area contributed by atoms with Crippen LogP contribution in [0.5, 0.6) is 11.5 Å². The Morgan fingerprint density at radius 2 is 1.95 bits per heavy atom. The number of phenolic OH excluding ortho intramolecular Hbond substituents is 1. The molecule has 6 atom stereocenters. The number of esters is 3. The van der Waals surface area contributed by atoms with Crippen molar-refractivity contribution in [3.8, 4) is 11.5 Å². The highest BCUT2D eigenvalue weighted by molar-refractivity contribution is 5.83. The van der Waals surface area contributed by atoms with Gasteiger partial charge in [-0.25, -0.2) is 9.59 Å². The molecule has 5 rings (SSSR count). The maximum absolute atomic E-state index is 13.0. The van der Waals surface area contributed by atoms with Crippen LogP contribution in [0.1, 0.15) is 51.2 Å². The molecular weight excluding hydrogens is 494 g/mol. The van der Waals surface area contributed by atoms with Crippen LogP contribution in [0.15, 0.2) is 36.1 Å². The first-order valence-electron chi connectivity index (χ1n) is 12.9. The minimum absolute atomic E-state index is 0.0195. The van der Waals surface area contributed by atoms with Crippen LogP contribution in [0.2, 0.25) is 0 Å². The molecule has 1 aromatic carbocycles. The van der Waals surface area contributed by atoms with Gasteiger partial charge >= 0.3 is 17.9 Å². The summed E-state index contributed by atoms with van der Waals surface area (Å²) in [6.07, 6.45) is 3.03. The van der Waals surface area contributed by atoms with Gasteiger partial charge in [-0.1, -0.05) is 18.2 Å². The average Bonchev–Trinajstić information content (AvgIpc) is 3.24. The van der Waals surface area contributed by atoms with Crippen molar-refractivity contribution >= 4 is 17.9 Å². The number of nitrogens with zero attached hydrogens (tertiary/aromatic N) is 1. The zero-order valence-electron chi connectivity index (χ0n) is 21.9. The molecule has 0 aromatic heterocycles. The number of carbonyl (C=O) groups excluding carboxylic acids is 3. The van der Waals surface area contributed by atoms with Crippen molar-refractivity contribution in [3.63, 3.8) is 0 Å². The Morgan fingerprint density at radius 1 is 1.21 bits per heavy atom. The minimum Gasteiger partial charge on any atom is -0.504 e. The number of hydrogen-bond acceptors (Lipinski definition) is 10. The van der Waals surface area contributed by atoms with Gasteiger partial charge in [0, 0.05) is 18.0 Å². The van der Waals surface area contributed by atoms with Crippen molar-refractivity contribution in [2.24, 2.45) is 0 Å². The highest BCUT2D eigenvalue weighted by Crippen LogP contribution is 2.65. The zero-order chi connectivity index (χ0) is 27.4. The number of benzene rings is 1. The number of aromatic hydroxyl groups is 1. The first-order chi connectivity index (χ1) is 18.0. The van der Waals surface area contributed by atoms with E-state index in [9.17, 15) is 24.6 Å². The van der Waals surface area contributed by atoms with Crippen LogP contribution in [0, 0.1) is 0 Å². The number of piperidine rings is 1. The predicted octanol–water partition coefficient (Wildman–Crippen LogP) is 2.04. The Hall–Kier alpha value is -3.37. The highest BCUT2D eigenvalue weighted by Gasteiger charge is 2.72. The lowest BCUT2D eigenvalue weighted by Gasteiger charge is -2.61. The van der Waals surface area contributed by atoms with E-state index in [-0.39, 0.29) is 30.4 Å². The van der Waals surface area contributed by atoms with Gasteiger partial charge in [0.1, 0.15) is 5.76 Å². The maximum atomic E-state index is 13.0. The van der Waals surface area contributed by atoms with Crippen molar-refractivity contribution in [2.45, 2.75) is 81.8 Å². The van der Waals surface area contributed by atoms with E-state index in [4.69, 9.17) is 18.9 Å². The van der Waals surface area contributed by atoms with Crippen LogP contribution in [-0.4, -0.2) is 76.6 Å². The van der Waals surface area contributed by atoms with Crippen molar-refractivity contribution in [2.75, 3.05) is 13.6 Å². The first kappa shape index (κ1) is 26.2. The van der Waals surface area contributed by atoms with E-state index in [0.717, 1.165) is 11.1 Å². The molecular formula is C28H33NO9. The molecule has 2 aliphatic carbocycles. The van der Waals surface area contributed by atoms with Gasteiger partial charge in [0.2, 0.25) is 0 Å². The Labute approximate surface area is 220 Å². The van der Waals surface area contributed by atoms with Crippen molar-refractivity contribution in [1.82, 2.24) is 4.90 Å². The second-order valence-corrected chi connectivity index (χ2v) is 10.5. The first-order valence-corrected chi connectivity index (χ1v) is 12.9. The molecule has 38 heavy (non-hydrogen) atoms. The predicted molar refractivity (Wildman–Crippen MR) is 133 cm³/mol. The van der Waals surface area contributed by atoms with Crippen LogP contribution >= 0.6 is 0 Å². The summed E-state index contributed by atoms with van der Waals surface area (Å²) in [6, 6.07) is 3.28. The number of allylic oxidation sites excluding steroid dienone is 1. The summed E-state index contributed by atoms with van der Waals surface area (Å²) < 4.78 is 22.2. The summed E-state index contributed by atoms with van der Waals surface area (Å²) in [5.41, 5.74) is -0.304. The number of likely N-dealkylation sites (tertiary alicyclic amines) is 1. The second-order valence-electron chi connectivity index (χ2n) is 10.5. The average molecular weight is 528 g/mol. The SMILES string of the molecule is C/C=C\CC(=O)O[C@@H](C)C(=O)O[C@@H](C)C(=O)OC1=CC[C@@]2(O)[C@H]3Cc4ccc(O)c5c4[C@@]2(CCN3C)[C@H]1O5. The van der Waals surface area contributed by atoms with Crippen LogP contribution in [0.25, 0.3) is 0 Å². The monoisotopic (exact) mass is 527 g/mol. The third kappa shape index (κ3) is 3.80. The fourth-order valence-electron chi connectivity index (χ4n) is 6.46. The third-order valence-electron chi connectivity index (χ3n) is 8.36. The molecule has 10 nitrogen and oxygen atoms in total. The number of ether oxygens (including phenoxy) is 4. The van der Waals surface area contributed by atoms with Crippen LogP contribution in [0.4, 0.5) is 0 Å². The van der Waals surface area contributed by atoms with Crippen molar-refractivity contribution in [3.05, 3.63) is 47.2 Å². The number of likely N-dealkylation sites (N-methyl/N-ethyl adjacent to an activating group) is 1. The number of rotatable bonds is 7. The quantitative estimate of drug-likeness (QED) is 0.308. The van der Waals surface area contributed by atoms with Crippen LogP contribution < -0.4 is 4.74 Å². The Kier molecular flexibility index (Phi) is 6.51. The lowest BCUT2D eigenvalue weighted by Crippen LogP contribution is -2.74. The Morgan fingerprint density at radius 3 is 2.68 bits per heavy atom. The van der Waals surface area contributed by atoms with E-state index in [1.165, 1.54) is 13.8 Å². The fourth-order valence-corrected chi connectivity index (χ4v) is 6.46. The topological polar surface area (TPSA) is 132 Å². The Bertz CT molecular complexity index is 1240. The summed E-state index contributed by atoms with van der Waals surface area (Å²) in [5.74, 6) is -1.81. The lowest BCUT2D eigenvalue weighted by molar-refractivity contribution is -0.180. The molecule has 2 aliphatic heterocycles. The summed E-state index contributed by atoms with van der Waals surface area (Å²) in [6.45, 7) is 5.19. The van der Waals surface area contributed by atoms with Gasteiger partial charge < -0.3 is 34.1 Å². The molecule has 0 saturated carbocycles. The molecule has 1 aromatic rings. The van der Waals surface area contributed by atoms with Crippen LogP contribution in [0.3, 0.4) is 0 Å². The van der Waals surface area contributed by atoms with E-state index in [0.29, 0.717) is 25.1 Å². The third-order valence-corrected chi connectivity index (χ3v) is 8.36. The number of hydrogen-bond donors (Lipinski definition) is 2. The summed E-state index contributed by atoms with van der Waals surface area (Å²) >= 11 is 0. The molecule has 0 radical (unpaired) electrons. The smallest absolute Gasteiger partial charge is 0.352 e. The summed E-state index contributed by atoms with van der Waals surface area (Å²) in [4.78, 5) is 39.3. The number of phenols is 1. The highest BCUT2D eigenvalue weighted by atomic mass is 16.6. The molecule has 10 heteroatoms. The van der Waals surface area contributed by atoms with E-state index in [2.05, 4.69) is 4.90 Å². The summed E-state index contributed by atoms with van der Waals surface area (Å²) in [7, 11) is 1.99. The fraction of sp³-hybridized carbons (Fsp3) is 0.536. The molecule has 1 saturated heterocycles. The molecule has 1 fully saturated rings. The lowest BCUT2D eigenvalue weighted by atomic mass is 9.50. The van der Waals surface area contributed by atoms with Gasteiger partial charge in [-0.15, -0.1) is 0 Å². The van der Waals surface area contributed by atoms with Crippen molar-refractivity contribution in [1.29, 1.82) is 0 Å². The van der Waals surface area contributed by atoms with Gasteiger partial charge in [0.05, 0.1) is 17.4 Å². The van der Waals surface area contributed by atoms with E-state index in [1.807, 2.05) is 13.1 Å². The van der Waals surface area contributed by atoms with Gasteiger partial charge in [0.15, 0.2) is 29.8 Å². The second kappa shape index (κ2) is 9.43. The molecule has 4 aliphatic rings. The number of carbonyl (C=O) groups is 3. The largest absolute Gasteiger partial charge is 0.504 e. The molecule has 1 spiro atoms. The molecule has 2 N–H and O–H groups in total. The minimum atomic E-state index is -1.29. The van der Waals surface area contributed by atoms with E-state index < -0.39 is 47.2 Å². The van der Waals surface area contributed by atoms with Crippen molar-refractivity contribution < 1.29 is 43.5 Å². The molecule has 204 valence electrons. The summed E-state index contributed by atoms with van der Waals surface area (Å²) in [5, 5.41) is 22.8. The van der Waals surface area contributed by atoms with E-state index in [1.54, 1.807) is 31.2 Å². The molecule has 2 heterocycles. The van der Waals surface area contributed by atoms with E-state index >= 15 is 0 Å². The maximum Gasteiger partial charge on any atom is 0.352 e. The number of aliphatic hydroxyl groups is 1. The van der Waals surface area contributed by atoms with Gasteiger partial charge in [0.25, 0.3) is 0 Å². The van der Waals surface area contributed by atoms with Gasteiger partial charge in [-0.2, -0.15) is 0 Å². The van der Waals surface area contributed by atoms with Crippen LogP contribution in [-0.2, 0) is 40.4 Å². The normalized spacial score (nSPS) is 30.5. The molecule has 0 amide bonds. The standard InChI is InChI=1S/C28H33NO9/c1-5-6-7-21(31)35-15(2)25(32)36-16(3)26(33)37-19-10-11-28(34)20-14-17-8-9-18(30)23-22(17)27(28,24(19)38-23)12-13-29(20)4/h5-6,8-10,15-16,20,24,30,34H,7,11-14H2,1-4H3/b6-5-/t15-,16-,20+,24-,27-,28+/m0/s1. The molecule has 2 bridgehead atoms. The van der Waals surface area contributed by atoms with Gasteiger partial charge in [-0.3, -0.25) is 4.79 Å². The zero-order valence-corrected chi connectivity index (χ0v) is 21.9.